The lowest BCUT2D eigenvalue weighted by molar-refractivity contribution is 0.0593. The number of hydrogen-bond acceptors (Lipinski definition) is 6. The Kier molecular flexibility index (Phi) is 3.49. The predicted molar refractivity (Wildman–Crippen MR) is 83.6 cm³/mol. The van der Waals surface area contributed by atoms with Crippen molar-refractivity contribution >= 4 is 28.6 Å². The molecule has 1 saturated heterocycles. The molecule has 0 radical (unpaired) electrons. The van der Waals surface area contributed by atoms with Gasteiger partial charge >= 0.3 is 0 Å². The maximum Gasteiger partial charge on any atom is 0.224 e. The number of hydrogen-bond donors (Lipinski definition) is 2. The van der Waals surface area contributed by atoms with Gasteiger partial charge in [0.15, 0.2) is 28.6 Å². The van der Waals surface area contributed by atoms with Gasteiger partial charge in [-0.2, -0.15) is 9.97 Å². The zero-order valence-corrected chi connectivity index (χ0v) is 12.5. The largest absolute Gasteiger partial charge is 0.368 e. The average Bonchev–Trinajstić information content (AvgIpc) is 3.20. The lowest BCUT2D eigenvalue weighted by Crippen LogP contribution is -2.08. The second kappa shape index (κ2) is 5.68. The quantitative estimate of drug-likeness (QED) is 0.766. The molecule has 1 atom stereocenters. The summed E-state index contributed by atoms with van der Waals surface area (Å²) in [7, 11) is 0. The molecule has 0 saturated carbocycles. The minimum absolute atomic E-state index is 0.00144. The first-order chi connectivity index (χ1) is 11.6. The van der Waals surface area contributed by atoms with Crippen LogP contribution in [0.25, 0.3) is 11.2 Å². The number of anilines is 3. The third-order valence-corrected chi connectivity index (χ3v) is 3.86. The number of benzene rings is 1. The Morgan fingerprint density at radius 2 is 2.17 bits per heavy atom. The molecule has 9 heteroatoms. The molecule has 0 spiro atoms. The Morgan fingerprint density at radius 3 is 2.96 bits per heavy atom. The van der Waals surface area contributed by atoms with Crippen LogP contribution in [0.3, 0.4) is 0 Å². The van der Waals surface area contributed by atoms with Crippen molar-refractivity contribution in [2.45, 2.75) is 19.1 Å². The van der Waals surface area contributed by atoms with E-state index < -0.39 is 11.6 Å². The molecule has 4 rings (SSSR count). The van der Waals surface area contributed by atoms with Crippen LogP contribution in [0.2, 0.25) is 0 Å². The van der Waals surface area contributed by atoms with E-state index >= 15 is 0 Å². The van der Waals surface area contributed by atoms with Crippen LogP contribution >= 0.6 is 0 Å². The monoisotopic (exact) mass is 332 g/mol. The number of fused-ring (bicyclic) bond motifs is 1. The molecule has 1 aromatic carbocycles. The summed E-state index contributed by atoms with van der Waals surface area (Å²) < 4.78 is 34.7. The minimum Gasteiger partial charge on any atom is -0.368 e. The first-order valence-corrected chi connectivity index (χ1v) is 7.46. The van der Waals surface area contributed by atoms with Gasteiger partial charge in [0.05, 0.1) is 12.0 Å². The van der Waals surface area contributed by atoms with E-state index in [0.717, 1.165) is 18.9 Å². The zero-order chi connectivity index (χ0) is 16.7. The maximum atomic E-state index is 13.9. The van der Waals surface area contributed by atoms with E-state index in [1.165, 1.54) is 12.1 Å². The summed E-state index contributed by atoms with van der Waals surface area (Å²) >= 11 is 0. The second-order valence-electron chi connectivity index (χ2n) is 5.45. The van der Waals surface area contributed by atoms with Gasteiger partial charge in [-0.05, 0) is 25.0 Å². The molecule has 1 fully saturated rings. The van der Waals surface area contributed by atoms with Crippen molar-refractivity contribution in [3.63, 3.8) is 0 Å². The van der Waals surface area contributed by atoms with Crippen LogP contribution in [0, 0.1) is 11.6 Å². The smallest absolute Gasteiger partial charge is 0.224 e. The lowest BCUT2D eigenvalue weighted by Gasteiger charge is -2.12. The van der Waals surface area contributed by atoms with Crippen molar-refractivity contribution in [1.82, 2.24) is 19.5 Å². The van der Waals surface area contributed by atoms with Crippen molar-refractivity contribution < 1.29 is 13.5 Å². The highest BCUT2D eigenvalue weighted by Gasteiger charge is 2.22. The Hall–Kier alpha value is -2.81. The number of rotatable bonds is 3. The van der Waals surface area contributed by atoms with Gasteiger partial charge in [0, 0.05) is 6.61 Å². The van der Waals surface area contributed by atoms with Crippen molar-refractivity contribution in [2.24, 2.45) is 0 Å². The number of ether oxygens (including phenoxy) is 1. The summed E-state index contributed by atoms with van der Waals surface area (Å²) in [4.78, 5) is 12.5. The van der Waals surface area contributed by atoms with Crippen LogP contribution < -0.4 is 11.1 Å². The Bertz CT molecular complexity index is 906. The summed E-state index contributed by atoms with van der Waals surface area (Å²) in [5.41, 5.74) is 6.59. The van der Waals surface area contributed by atoms with Crippen LogP contribution in [0.5, 0.6) is 0 Å². The molecule has 0 bridgehead atoms. The van der Waals surface area contributed by atoms with Gasteiger partial charge in [-0.1, -0.05) is 6.07 Å². The summed E-state index contributed by atoms with van der Waals surface area (Å²) in [5, 5.41) is 2.74. The van der Waals surface area contributed by atoms with E-state index in [0.29, 0.717) is 17.8 Å². The van der Waals surface area contributed by atoms with E-state index in [1.807, 2.05) is 0 Å². The van der Waals surface area contributed by atoms with Crippen molar-refractivity contribution in [2.75, 3.05) is 17.7 Å². The van der Waals surface area contributed by atoms with E-state index in [2.05, 4.69) is 20.3 Å². The standard InChI is InChI=1S/C15H14F2N6O/c16-8-3-1-4-9(11(8)17)20-13-12-14(22-15(18)21-13)23(7-19-12)10-5-2-6-24-10/h1,3-4,7,10H,2,5-6H2,(H3,18,20,21,22). The number of aromatic nitrogens is 4. The molecule has 3 aromatic rings. The van der Waals surface area contributed by atoms with Gasteiger partial charge in [-0.25, -0.2) is 13.8 Å². The van der Waals surface area contributed by atoms with Gasteiger partial charge in [0.25, 0.3) is 0 Å². The molecule has 7 nitrogen and oxygen atoms in total. The average molecular weight is 332 g/mol. The highest BCUT2D eigenvalue weighted by molar-refractivity contribution is 5.86. The predicted octanol–water partition coefficient (Wildman–Crippen LogP) is 2.74. The molecule has 3 N–H and O–H groups in total. The molecule has 124 valence electrons. The normalized spacial score (nSPS) is 17.5. The second-order valence-corrected chi connectivity index (χ2v) is 5.45. The molecular weight excluding hydrogens is 318 g/mol. The van der Waals surface area contributed by atoms with Crippen LogP contribution in [0.15, 0.2) is 24.5 Å². The summed E-state index contributed by atoms with van der Waals surface area (Å²) in [5.74, 6) is -1.75. The van der Waals surface area contributed by atoms with Crippen molar-refractivity contribution in [3.8, 4) is 0 Å². The zero-order valence-electron chi connectivity index (χ0n) is 12.5. The highest BCUT2D eigenvalue weighted by atomic mass is 19.2. The van der Waals surface area contributed by atoms with Crippen molar-refractivity contribution in [3.05, 3.63) is 36.2 Å². The number of nitrogens with two attached hydrogens (primary N) is 1. The SMILES string of the molecule is Nc1nc(Nc2cccc(F)c2F)c2ncn(C3CCCO3)c2n1. The van der Waals surface area contributed by atoms with Crippen LogP contribution in [0.1, 0.15) is 19.1 Å². The van der Waals surface area contributed by atoms with Gasteiger partial charge in [0.1, 0.15) is 6.23 Å². The maximum absolute atomic E-state index is 13.9. The molecule has 1 aliphatic heterocycles. The summed E-state index contributed by atoms with van der Waals surface area (Å²) in [6.45, 7) is 0.671. The topological polar surface area (TPSA) is 90.9 Å². The van der Waals surface area contributed by atoms with Gasteiger partial charge in [-0.15, -0.1) is 0 Å². The summed E-state index contributed by atoms with van der Waals surface area (Å²) in [6, 6.07) is 3.84. The number of halogens is 2. The van der Waals surface area contributed by atoms with Gasteiger partial charge in [-0.3, -0.25) is 4.57 Å². The number of nitrogens with one attached hydrogen (secondary N) is 1. The fourth-order valence-electron chi connectivity index (χ4n) is 2.74. The highest BCUT2D eigenvalue weighted by Crippen LogP contribution is 2.30. The molecule has 1 aliphatic rings. The number of nitrogens with zero attached hydrogens (tertiary/aromatic N) is 4. The van der Waals surface area contributed by atoms with Crippen LogP contribution in [-0.4, -0.2) is 26.1 Å². The van der Waals surface area contributed by atoms with Gasteiger partial charge in [0.2, 0.25) is 5.95 Å². The summed E-state index contributed by atoms with van der Waals surface area (Å²) in [6.07, 6.45) is 3.21. The third kappa shape index (κ3) is 2.42. The molecule has 24 heavy (non-hydrogen) atoms. The van der Waals surface area contributed by atoms with E-state index in [1.54, 1.807) is 10.9 Å². The fraction of sp³-hybridized carbons (Fsp3) is 0.267. The molecule has 3 heterocycles. The fourth-order valence-corrected chi connectivity index (χ4v) is 2.74. The Balaban J connectivity index is 1.79. The molecular formula is C15H14F2N6O. The Morgan fingerprint density at radius 1 is 1.29 bits per heavy atom. The first kappa shape index (κ1) is 14.8. The first-order valence-electron chi connectivity index (χ1n) is 7.46. The van der Waals surface area contributed by atoms with Crippen molar-refractivity contribution in [1.29, 1.82) is 0 Å². The lowest BCUT2D eigenvalue weighted by atomic mass is 10.3. The Labute approximate surface area is 135 Å². The van der Waals surface area contributed by atoms with Gasteiger partial charge < -0.3 is 15.8 Å². The van der Waals surface area contributed by atoms with E-state index in [-0.39, 0.29) is 23.7 Å². The minimum atomic E-state index is -0.999. The third-order valence-electron chi connectivity index (χ3n) is 3.86. The van der Waals surface area contributed by atoms with E-state index in [4.69, 9.17) is 10.5 Å². The van der Waals surface area contributed by atoms with Crippen LogP contribution in [-0.2, 0) is 4.74 Å². The number of nitrogen functional groups attached to an aromatic ring is 1. The molecule has 2 aromatic heterocycles. The van der Waals surface area contributed by atoms with E-state index in [9.17, 15) is 8.78 Å². The molecule has 1 unspecified atom stereocenters. The number of imidazole rings is 1. The molecule has 0 amide bonds. The molecule has 0 aliphatic carbocycles. The van der Waals surface area contributed by atoms with Crippen LogP contribution in [0.4, 0.5) is 26.2 Å².